The van der Waals surface area contributed by atoms with Crippen LogP contribution in [0.1, 0.15) is 46.5 Å². The number of nitrogens with zero attached hydrogens (tertiary/aromatic N) is 1. The molecule has 2 heterocycles. The zero-order chi connectivity index (χ0) is 12.3. The number of nitrogens with one attached hydrogen (secondary N) is 1. The number of likely N-dealkylation sites (tertiary alicyclic amines) is 1. The predicted molar refractivity (Wildman–Crippen MR) is 74.2 cm³/mol. The fourth-order valence-corrected chi connectivity index (χ4v) is 3.57. The molecule has 0 bridgehead atoms. The van der Waals surface area contributed by atoms with Gasteiger partial charge in [-0.3, -0.25) is 0 Å². The molecular weight excluding hydrogens is 208 g/mol. The summed E-state index contributed by atoms with van der Waals surface area (Å²) in [6.45, 7) is 13.6. The first-order chi connectivity index (χ1) is 8.16. The monoisotopic (exact) mass is 238 g/mol. The third-order valence-corrected chi connectivity index (χ3v) is 5.32. The van der Waals surface area contributed by atoms with Crippen LogP contribution in [0.5, 0.6) is 0 Å². The first kappa shape index (κ1) is 13.4. The van der Waals surface area contributed by atoms with Crippen molar-refractivity contribution in [3.63, 3.8) is 0 Å². The summed E-state index contributed by atoms with van der Waals surface area (Å²) in [6.07, 6.45) is 5.61. The Morgan fingerprint density at radius 2 is 2.00 bits per heavy atom. The van der Waals surface area contributed by atoms with Crippen LogP contribution in [0.3, 0.4) is 0 Å². The summed E-state index contributed by atoms with van der Waals surface area (Å²) < 4.78 is 0. The first-order valence-electron chi connectivity index (χ1n) is 7.59. The Kier molecular flexibility index (Phi) is 4.48. The normalized spacial score (nSPS) is 32.5. The Bertz CT molecular complexity index is 223. The molecule has 0 amide bonds. The number of hydrogen-bond donors (Lipinski definition) is 1. The molecule has 0 aromatic heterocycles. The van der Waals surface area contributed by atoms with Gasteiger partial charge in [-0.25, -0.2) is 0 Å². The van der Waals surface area contributed by atoms with Gasteiger partial charge in [0.15, 0.2) is 0 Å². The van der Waals surface area contributed by atoms with Gasteiger partial charge >= 0.3 is 0 Å². The molecule has 0 radical (unpaired) electrons. The largest absolute Gasteiger partial charge is 0.316 e. The van der Waals surface area contributed by atoms with E-state index in [-0.39, 0.29) is 0 Å². The zero-order valence-electron chi connectivity index (χ0n) is 12.0. The molecule has 2 aliphatic rings. The molecule has 1 unspecified atom stereocenters. The van der Waals surface area contributed by atoms with E-state index < -0.39 is 0 Å². The SMILES string of the molecule is CCC1CCN(CC2(C(C)C)CCNC2)CC1. The van der Waals surface area contributed by atoms with E-state index in [4.69, 9.17) is 0 Å². The van der Waals surface area contributed by atoms with Crippen molar-refractivity contribution in [3.05, 3.63) is 0 Å². The average Bonchev–Trinajstić information content (AvgIpc) is 2.80. The molecule has 2 aliphatic heterocycles. The highest BCUT2D eigenvalue weighted by molar-refractivity contribution is 4.93. The molecule has 2 nitrogen and oxygen atoms in total. The summed E-state index contributed by atoms with van der Waals surface area (Å²) in [5.41, 5.74) is 0.555. The molecule has 2 rings (SSSR count). The number of hydrogen-bond acceptors (Lipinski definition) is 2. The fourth-order valence-electron chi connectivity index (χ4n) is 3.57. The highest BCUT2D eigenvalue weighted by Crippen LogP contribution is 2.36. The number of piperidine rings is 1. The maximum atomic E-state index is 3.58. The maximum absolute atomic E-state index is 3.58. The summed E-state index contributed by atoms with van der Waals surface area (Å²) in [5.74, 6) is 1.81. The van der Waals surface area contributed by atoms with Gasteiger partial charge < -0.3 is 10.2 Å². The predicted octanol–water partition coefficient (Wildman–Crippen LogP) is 2.74. The van der Waals surface area contributed by atoms with Gasteiger partial charge in [0.25, 0.3) is 0 Å². The first-order valence-corrected chi connectivity index (χ1v) is 7.59. The summed E-state index contributed by atoms with van der Waals surface area (Å²) in [7, 11) is 0. The van der Waals surface area contributed by atoms with Crippen LogP contribution in [-0.4, -0.2) is 37.6 Å². The molecule has 0 spiro atoms. The second kappa shape index (κ2) is 5.71. The Morgan fingerprint density at radius 1 is 1.29 bits per heavy atom. The third-order valence-electron chi connectivity index (χ3n) is 5.32. The van der Waals surface area contributed by atoms with E-state index in [9.17, 15) is 0 Å². The lowest BCUT2D eigenvalue weighted by molar-refractivity contribution is 0.0875. The van der Waals surface area contributed by atoms with Crippen LogP contribution in [-0.2, 0) is 0 Å². The molecule has 0 saturated carbocycles. The molecule has 0 aliphatic carbocycles. The van der Waals surface area contributed by atoms with E-state index in [1.807, 2.05) is 0 Å². The lowest BCUT2D eigenvalue weighted by Gasteiger charge is -2.41. The minimum Gasteiger partial charge on any atom is -0.316 e. The third kappa shape index (κ3) is 3.03. The Morgan fingerprint density at radius 3 is 2.47 bits per heavy atom. The molecule has 2 heteroatoms. The Balaban J connectivity index is 1.87. The van der Waals surface area contributed by atoms with Crippen molar-refractivity contribution in [2.75, 3.05) is 32.7 Å². The van der Waals surface area contributed by atoms with E-state index in [2.05, 4.69) is 31.0 Å². The summed E-state index contributed by atoms with van der Waals surface area (Å²) in [6, 6.07) is 0. The zero-order valence-corrected chi connectivity index (χ0v) is 12.0. The van der Waals surface area contributed by atoms with Crippen molar-refractivity contribution < 1.29 is 0 Å². The van der Waals surface area contributed by atoms with Gasteiger partial charge in [0.05, 0.1) is 0 Å². The highest BCUT2D eigenvalue weighted by atomic mass is 15.1. The van der Waals surface area contributed by atoms with E-state index in [0.29, 0.717) is 5.41 Å². The van der Waals surface area contributed by atoms with Crippen molar-refractivity contribution in [2.45, 2.75) is 46.5 Å². The topological polar surface area (TPSA) is 15.3 Å². The summed E-state index contributed by atoms with van der Waals surface area (Å²) in [5, 5.41) is 3.58. The van der Waals surface area contributed by atoms with Crippen LogP contribution in [0.4, 0.5) is 0 Å². The maximum Gasteiger partial charge on any atom is 0.00531 e. The van der Waals surface area contributed by atoms with Crippen LogP contribution in [0.25, 0.3) is 0 Å². The second-order valence-corrected chi connectivity index (χ2v) is 6.57. The van der Waals surface area contributed by atoms with Gasteiger partial charge in [-0.05, 0) is 56.1 Å². The van der Waals surface area contributed by atoms with E-state index in [0.717, 1.165) is 11.8 Å². The smallest absolute Gasteiger partial charge is 0.00531 e. The summed E-state index contributed by atoms with van der Waals surface area (Å²) in [4.78, 5) is 2.74. The second-order valence-electron chi connectivity index (χ2n) is 6.57. The van der Waals surface area contributed by atoms with Gasteiger partial charge in [0, 0.05) is 13.1 Å². The van der Waals surface area contributed by atoms with Crippen molar-refractivity contribution >= 4 is 0 Å². The number of rotatable bonds is 4. The molecule has 0 aromatic carbocycles. The molecule has 0 aromatic rings. The van der Waals surface area contributed by atoms with Gasteiger partial charge in [0.2, 0.25) is 0 Å². The lowest BCUT2D eigenvalue weighted by atomic mass is 9.75. The van der Waals surface area contributed by atoms with Gasteiger partial charge in [-0.15, -0.1) is 0 Å². The van der Waals surface area contributed by atoms with Crippen LogP contribution in [0.15, 0.2) is 0 Å². The molecule has 17 heavy (non-hydrogen) atoms. The fraction of sp³-hybridized carbons (Fsp3) is 1.00. The summed E-state index contributed by atoms with van der Waals surface area (Å²) >= 11 is 0. The molecule has 1 atom stereocenters. The highest BCUT2D eigenvalue weighted by Gasteiger charge is 2.38. The quantitative estimate of drug-likeness (QED) is 0.810. The van der Waals surface area contributed by atoms with E-state index in [1.165, 1.54) is 58.4 Å². The van der Waals surface area contributed by atoms with Crippen LogP contribution >= 0.6 is 0 Å². The van der Waals surface area contributed by atoms with Crippen molar-refractivity contribution in [3.8, 4) is 0 Å². The van der Waals surface area contributed by atoms with Crippen LogP contribution in [0.2, 0.25) is 0 Å². The standard InChI is InChI=1S/C15H30N2/c1-4-14-5-9-17(10-6-14)12-15(13(2)3)7-8-16-11-15/h13-14,16H,4-12H2,1-3H3. The minimum atomic E-state index is 0.555. The Labute approximate surface area is 107 Å². The van der Waals surface area contributed by atoms with E-state index in [1.54, 1.807) is 0 Å². The van der Waals surface area contributed by atoms with Crippen molar-refractivity contribution in [1.29, 1.82) is 0 Å². The van der Waals surface area contributed by atoms with Gasteiger partial charge in [-0.2, -0.15) is 0 Å². The van der Waals surface area contributed by atoms with Gasteiger partial charge in [0.1, 0.15) is 0 Å². The molecule has 2 saturated heterocycles. The van der Waals surface area contributed by atoms with Crippen LogP contribution < -0.4 is 5.32 Å². The average molecular weight is 238 g/mol. The molecule has 2 fully saturated rings. The van der Waals surface area contributed by atoms with Gasteiger partial charge in [-0.1, -0.05) is 27.2 Å². The van der Waals surface area contributed by atoms with E-state index >= 15 is 0 Å². The Hall–Kier alpha value is -0.0800. The van der Waals surface area contributed by atoms with Crippen LogP contribution in [0, 0.1) is 17.3 Å². The van der Waals surface area contributed by atoms with Crippen molar-refractivity contribution in [1.82, 2.24) is 10.2 Å². The van der Waals surface area contributed by atoms with Crippen molar-refractivity contribution in [2.24, 2.45) is 17.3 Å². The lowest BCUT2D eigenvalue weighted by Crippen LogP contribution is -2.45. The minimum absolute atomic E-state index is 0.555. The molecular formula is C15H30N2. The molecule has 100 valence electrons. The molecule has 1 N–H and O–H groups in total.